The van der Waals surface area contributed by atoms with Crippen LogP contribution in [0.4, 0.5) is 5.69 Å². The molecule has 1 heterocycles. The summed E-state index contributed by atoms with van der Waals surface area (Å²) in [6, 6.07) is 22.5. The molecule has 6 nitrogen and oxygen atoms in total. The van der Waals surface area contributed by atoms with Crippen molar-refractivity contribution >= 4 is 60.7 Å². The van der Waals surface area contributed by atoms with Gasteiger partial charge in [0.25, 0.3) is 5.91 Å². The zero-order valence-corrected chi connectivity index (χ0v) is 19.9. The second-order valence-corrected chi connectivity index (χ2v) is 8.86. The average molecular weight is 520 g/mol. The molecule has 33 heavy (non-hydrogen) atoms. The average Bonchev–Trinajstić information content (AvgIpc) is 3.27. The Hall–Kier alpha value is -3.67. The Bertz CT molecular complexity index is 1340. The smallest absolute Gasteiger partial charge is 0.262 e. The molecule has 0 aliphatic heterocycles. The molecule has 1 amide bonds. The normalized spacial score (nSPS) is 11.1. The van der Waals surface area contributed by atoms with E-state index in [1.807, 2.05) is 36.4 Å². The van der Waals surface area contributed by atoms with Crippen molar-refractivity contribution in [2.45, 2.75) is 0 Å². The minimum Gasteiger partial charge on any atom is -0.493 e. The van der Waals surface area contributed by atoms with Crippen molar-refractivity contribution in [1.29, 1.82) is 5.26 Å². The first kappa shape index (κ1) is 22.5. The maximum absolute atomic E-state index is 12.2. The van der Waals surface area contributed by atoms with Crippen molar-refractivity contribution in [3.8, 4) is 17.6 Å². The highest BCUT2D eigenvalue weighted by atomic mass is 79.9. The number of allylic oxidation sites excluding steroid dienone is 1. The van der Waals surface area contributed by atoms with Gasteiger partial charge in [-0.05, 0) is 60.2 Å². The number of benzene rings is 3. The monoisotopic (exact) mass is 519 g/mol. The van der Waals surface area contributed by atoms with Crippen LogP contribution < -0.4 is 14.8 Å². The Morgan fingerprint density at radius 3 is 2.67 bits per heavy atom. The largest absolute Gasteiger partial charge is 0.493 e. The lowest BCUT2D eigenvalue weighted by Crippen LogP contribution is -2.20. The van der Waals surface area contributed by atoms with Gasteiger partial charge in [0.05, 0.1) is 22.9 Å². The number of para-hydroxylation sites is 1. The van der Waals surface area contributed by atoms with Crippen LogP contribution >= 0.6 is 27.3 Å². The van der Waals surface area contributed by atoms with Gasteiger partial charge in [0.2, 0.25) is 0 Å². The zero-order valence-electron chi connectivity index (χ0n) is 17.5. The van der Waals surface area contributed by atoms with E-state index in [4.69, 9.17) is 9.47 Å². The molecule has 1 aromatic heterocycles. The van der Waals surface area contributed by atoms with Crippen molar-refractivity contribution in [3.05, 3.63) is 81.8 Å². The SMILES string of the molecule is COc1cc(C=C(C#N)c2nc3ccccc3s2)ccc1OCC(=O)Nc1ccc(Br)cc1. The van der Waals surface area contributed by atoms with Crippen molar-refractivity contribution < 1.29 is 14.3 Å². The Labute approximate surface area is 203 Å². The quantitative estimate of drug-likeness (QED) is 0.296. The number of fused-ring (bicyclic) bond motifs is 1. The van der Waals surface area contributed by atoms with E-state index in [-0.39, 0.29) is 12.5 Å². The summed E-state index contributed by atoms with van der Waals surface area (Å²) >= 11 is 4.83. The van der Waals surface area contributed by atoms with Crippen molar-refractivity contribution in [1.82, 2.24) is 4.98 Å². The second-order valence-electron chi connectivity index (χ2n) is 6.91. The molecule has 0 saturated carbocycles. The van der Waals surface area contributed by atoms with Crippen LogP contribution in [0.2, 0.25) is 0 Å². The van der Waals surface area contributed by atoms with Gasteiger partial charge in [-0.3, -0.25) is 4.79 Å². The molecule has 0 atom stereocenters. The molecule has 164 valence electrons. The fourth-order valence-corrected chi connectivity index (χ4v) is 4.26. The predicted molar refractivity (Wildman–Crippen MR) is 134 cm³/mol. The third-order valence-corrected chi connectivity index (χ3v) is 6.23. The third kappa shape index (κ3) is 5.58. The summed E-state index contributed by atoms with van der Waals surface area (Å²) in [4.78, 5) is 16.8. The van der Waals surface area contributed by atoms with E-state index in [2.05, 4.69) is 32.3 Å². The molecule has 0 aliphatic rings. The van der Waals surface area contributed by atoms with Gasteiger partial charge in [-0.25, -0.2) is 4.98 Å². The Kier molecular flexibility index (Phi) is 7.03. The van der Waals surface area contributed by atoms with Gasteiger partial charge in [0.1, 0.15) is 11.1 Å². The molecule has 0 saturated heterocycles. The first-order valence-corrected chi connectivity index (χ1v) is 11.5. The van der Waals surface area contributed by atoms with Crippen LogP contribution in [0, 0.1) is 11.3 Å². The molecule has 4 rings (SSSR count). The molecular formula is C25H18BrN3O3S. The summed E-state index contributed by atoms with van der Waals surface area (Å²) in [7, 11) is 1.52. The molecule has 0 aliphatic carbocycles. The van der Waals surface area contributed by atoms with Crippen LogP contribution in [0.25, 0.3) is 21.9 Å². The lowest BCUT2D eigenvalue weighted by Gasteiger charge is -2.12. The number of nitrogens with zero attached hydrogens (tertiary/aromatic N) is 2. The van der Waals surface area contributed by atoms with Crippen molar-refractivity contribution in [3.63, 3.8) is 0 Å². The van der Waals surface area contributed by atoms with E-state index in [1.54, 1.807) is 36.4 Å². The number of anilines is 1. The molecule has 1 N–H and O–H groups in total. The minimum absolute atomic E-state index is 0.170. The summed E-state index contributed by atoms with van der Waals surface area (Å²) < 4.78 is 13.0. The zero-order chi connectivity index (χ0) is 23.2. The van der Waals surface area contributed by atoms with Crippen LogP contribution in [-0.4, -0.2) is 24.6 Å². The molecule has 0 spiro atoms. The maximum atomic E-state index is 12.2. The number of hydrogen-bond donors (Lipinski definition) is 1. The number of amides is 1. The van der Waals surface area contributed by atoms with E-state index < -0.39 is 0 Å². The number of aromatic nitrogens is 1. The summed E-state index contributed by atoms with van der Waals surface area (Å²) in [5.41, 5.74) is 2.76. The predicted octanol–water partition coefficient (Wildman–Crippen LogP) is 6.15. The number of carbonyl (C=O) groups excluding carboxylic acids is 1. The number of rotatable bonds is 7. The molecular weight excluding hydrogens is 502 g/mol. The van der Waals surface area contributed by atoms with Gasteiger partial charge in [0, 0.05) is 10.2 Å². The summed E-state index contributed by atoms with van der Waals surface area (Å²) in [6.45, 7) is -0.170. The fourth-order valence-electron chi connectivity index (χ4n) is 3.06. The number of halogens is 1. The topological polar surface area (TPSA) is 84.2 Å². The minimum atomic E-state index is -0.286. The standard InChI is InChI=1S/C25H18BrN3O3S/c1-31-22-13-16(12-17(14-27)25-29-20-4-2-3-5-23(20)33-25)6-11-21(22)32-15-24(30)28-19-9-7-18(26)8-10-19/h2-13H,15H2,1H3,(H,28,30). The lowest BCUT2D eigenvalue weighted by atomic mass is 10.1. The van der Waals surface area contributed by atoms with E-state index in [0.29, 0.717) is 27.8 Å². The van der Waals surface area contributed by atoms with E-state index in [0.717, 1.165) is 20.3 Å². The van der Waals surface area contributed by atoms with E-state index in [9.17, 15) is 10.1 Å². The molecule has 0 fully saturated rings. The van der Waals surface area contributed by atoms with E-state index in [1.165, 1.54) is 18.4 Å². The molecule has 4 aromatic rings. The van der Waals surface area contributed by atoms with Crippen LogP contribution in [0.3, 0.4) is 0 Å². The third-order valence-electron chi connectivity index (χ3n) is 4.63. The molecule has 0 radical (unpaired) electrons. The Balaban J connectivity index is 1.48. The van der Waals surface area contributed by atoms with Gasteiger partial charge in [-0.1, -0.05) is 34.1 Å². The first-order chi connectivity index (χ1) is 16.1. The molecule has 0 unspecified atom stereocenters. The number of nitriles is 1. The fraction of sp³-hybridized carbons (Fsp3) is 0.0800. The van der Waals surface area contributed by atoms with Crippen molar-refractivity contribution in [2.75, 3.05) is 19.0 Å². The lowest BCUT2D eigenvalue weighted by molar-refractivity contribution is -0.118. The molecule has 0 bridgehead atoms. The molecule has 8 heteroatoms. The second kappa shape index (κ2) is 10.3. The van der Waals surface area contributed by atoms with Gasteiger partial charge in [-0.2, -0.15) is 5.26 Å². The van der Waals surface area contributed by atoms with Gasteiger partial charge in [-0.15, -0.1) is 11.3 Å². The highest BCUT2D eigenvalue weighted by Gasteiger charge is 2.12. The van der Waals surface area contributed by atoms with Gasteiger partial charge in [0.15, 0.2) is 18.1 Å². The number of methoxy groups -OCH3 is 1. The number of nitrogens with one attached hydrogen (secondary N) is 1. The van der Waals surface area contributed by atoms with Crippen LogP contribution in [0.1, 0.15) is 10.6 Å². The molecule has 3 aromatic carbocycles. The van der Waals surface area contributed by atoms with Crippen molar-refractivity contribution in [2.24, 2.45) is 0 Å². The Morgan fingerprint density at radius 1 is 1.15 bits per heavy atom. The number of ether oxygens (including phenoxy) is 2. The summed E-state index contributed by atoms with van der Waals surface area (Å²) in [6.07, 6.45) is 1.75. The maximum Gasteiger partial charge on any atom is 0.262 e. The Morgan fingerprint density at radius 2 is 1.94 bits per heavy atom. The highest BCUT2D eigenvalue weighted by Crippen LogP contribution is 2.32. The van der Waals surface area contributed by atoms with Crippen LogP contribution in [-0.2, 0) is 4.79 Å². The van der Waals surface area contributed by atoms with Crippen LogP contribution in [0.5, 0.6) is 11.5 Å². The van der Waals surface area contributed by atoms with Crippen LogP contribution in [0.15, 0.2) is 71.2 Å². The summed E-state index contributed by atoms with van der Waals surface area (Å²) in [5, 5.41) is 13.1. The highest BCUT2D eigenvalue weighted by molar-refractivity contribution is 9.10. The van der Waals surface area contributed by atoms with Gasteiger partial charge >= 0.3 is 0 Å². The number of thiazole rings is 1. The number of carbonyl (C=O) groups is 1. The first-order valence-electron chi connectivity index (χ1n) is 9.90. The van der Waals surface area contributed by atoms with Gasteiger partial charge < -0.3 is 14.8 Å². The number of hydrogen-bond acceptors (Lipinski definition) is 6. The summed E-state index contributed by atoms with van der Waals surface area (Å²) in [5.74, 6) is 0.604. The van der Waals surface area contributed by atoms with E-state index >= 15 is 0 Å².